The first kappa shape index (κ1) is 33.2. The fourth-order valence-electron chi connectivity index (χ4n) is 4.52. The van der Waals surface area contributed by atoms with Gasteiger partial charge in [0.1, 0.15) is 11.8 Å². The Hall–Kier alpha value is -3.27. The molecule has 2 amide bonds. The molecule has 1 N–H and O–H groups in total. The zero-order chi connectivity index (χ0) is 30.7. The van der Waals surface area contributed by atoms with E-state index in [4.69, 9.17) is 27.9 Å². The van der Waals surface area contributed by atoms with Crippen molar-refractivity contribution in [1.82, 2.24) is 10.2 Å². The van der Waals surface area contributed by atoms with Gasteiger partial charge in [-0.2, -0.15) is 0 Å². The molecular formula is C31H37Cl2N3O5S. The summed E-state index contributed by atoms with van der Waals surface area (Å²) in [5.41, 5.74) is 2.11. The Labute approximate surface area is 258 Å². The Morgan fingerprint density at radius 2 is 1.67 bits per heavy atom. The number of rotatable bonds is 15. The molecule has 0 aliphatic rings. The molecule has 0 saturated heterocycles. The van der Waals surface area contributed by atoms with Gasteiger partial charge in [0.25, 0.3) is 0 Å². The number of hydrogen-bond acceptors (Lipinski definition) is 5. The molecule has 3 rings (SSSR count). The first-order chi connectivity index (χ1) is 20.0. The molecule has 8 nitrogen and oxygen atoms in total. The number of carbonyl (C=O) groups is 2. The third-order valence-electron chi connectivity index (χ3n) is 6.66. The molecule has 0 heterocycles. The van der Waals surface area contributed by atoms with E-state index in [2.05, 4.69) is 5.32 Å². The lowest BCUT2D eigenvalue weighted by Crippen LogP contribution is -2.50. The van der Waals surface area contributed by atoms with E-state index in [1.165, 1.54) is 17.5 Å². The summed E-state index contributed by atoms with van der Waals surface area (Å²) < 4.78 is 31.7. The molecule has 0 aromatic heterocycles. The van der Waals surface area contributed by atoms with Crippen molar-refractivity contribution in [2.45, 2.75) is 45.2 Å². The molecule has 0 aliphatic heterocycles. The van der Waals surface area contributed by atoms with Crippen LogP contribution in [0.4, 0.5) is 5.69 Å². The Morgan fingerprint density at radius 1 is 0.976 bits per heavy atom. The molecule has 3 aromatic carbocycles. The quantitative estimate of drug-likeness (QED) is 0.231. The van der Waals surface area contributed by atoms with Gasteiger partial charge in [-0.25, -0.2) is 8.42 Å². The number of anilines is 1. The fourth-order valence-corrected chi connectivity index (χ4v) is 5.86. The largest absolute Gasteiger partial charge is 0.495 e. The van der Waals surface area contributed by atoms with Gasteiger partial charge >= 0.3 is 0 Å². The summed E-state index contributed by atoms with van der Waals surface area (Å²) in [6, 6.07) is 20.6. The van der Waals surface area contributed by atoms with E-state index < -0.39 is 16.1 Å². The highest BCUT2D eigenvalue weighted by molar-refractivity contribution is 7.92. The van der Waals surface area contributed by atoms with Crippen LogP contribution in [0, 0.1) is 0 Å². The van der Waals surface area contributed by atoms with E-state index in [0.29, 0.717) is 29.4 Å². The van der Waals surface area contributed by atoms with Gasteiger partial charge in [-0.15, -0.1) is 0 Å². The number of sulfonamides is 1. The van der Waals surface area contributed by atoms with E-state index >= 15 is 0 Å². The van der Waals surface area contributed by atoms with Crippen LogP contribution in [0.2, 0.25) is 10.0 Å². The molecule has 0 radical (unpaired) electrons. The van der Waals surface area contributed by atoms with E-state index in [-0.39, 0.29) is 42.8 Å². The van der Waals surface area contributed by atoms with Gasteiger partial charge in [0.05, 0.1) is 24.1 Å². The highest BCUT2D eigenvalue weighted by Crippen LogP contribution is 2.30. The third kappa shape index (κ3) is 9.64. The van der Waals surface area contributed by atoms with Crippen molar-refractivity contribution in [1.29, 1.82) is 0 Å². The number of benzene rings is 3. The fraction of sp³-hybridized carbons (Fsp3) is 0.355. The molecule has 3 aromatic rings. The predicted octanol–water partition coefficient (Wildman–Crippen LogP) is 5.71. The van der Waals surface area contributed by atoms with Crippen LogP contribution in [0.5, 0.6) is 5.75 Å². The molecular weight excluding hydrogens is 597 g/mol. The Kier molecular flexibility index (Phi) is 12.5. The van der Waals surface area contributed by atoms with Crippen molar-refractivity contribution in [2.75, 3.05) is 30.8 Å². The number of halogens is 2. The zero-order valence-electron chi connectivity index (χ0n) is 24.1. The molecule has 0 bridgehead atoms. The van der Waals surface area contributed by atoms with Gasteiger partial charge in [0, 0.05) is 37.5 Å². The molecule has 0 fully saturated rings. The number of amides is 2. The normalized spacial score (nSPS) is 11.9. The van der Waals surface area contributed by atoms with Gasteiger partial charge in [0.2, 0.25) is 21.8 Å². The van der Waals surface area contributed by atoms with Crippen molar-refractivity contribution in [3.05, 3.63) is 94.0 Å². The Bertz CT molecular complexity index is 1440. The maximum atomic E-state index is 13.8. The number of carbonyl (C=O) groups excluding carboxylic acids is 2. The molecule has 11 heteroatoms. The Morgan fingerprint density at radius 3 is 2.26 bits per heavy atom. The Balaban J connectivity index is 1.87. The summed E-state index contributed by atoms with van der Waals surface area (Å²) in [6.45, 7) is 2.69. The highest BCUT2D eigenvalue weighted by atomic mass is 35.5. The van der Waals surface area contributed by atoms with Gasteiger partial charge in [0.15, 0.2) is 0 Å². The second-order valence-electron chi connectivity index (χ2n) is 9.90. The van der Waals surface area contributed by atoms with Crippen LogP contribution < -0.4 is 14.4 Å². The summed E-state index contributed by atoms with van der Waals surface area (Å²) in [4.78, 5) is 28.9. The minimum Gasteiger partial charge on any atom is -0.495 e. The molecule has 1 atom stereocenters. The number of methoxy groups -OCH3 is 1. The van der Waals surface area contributed by atoms with Crippen LogP contribution in [0.25, 0.3) is 0 Å². The van der Waals surface area contributed by atoms with Gasteiger partial charge in [-0.3, -0.25) is 13.9 Å². The van der Waals surface area contributed by atoms with Gasteiger partial charge in [-0.1, -0.05) is 72.6 Å². The lowest BCUT2D eigenvalue weighted by molar-refractivity contribution is -0.141. The molecule has 42 heavy (non-hydrogen) atoms. The van der Waals surface area contributed by atoms with Crippen LogP contribution in [0.1, 0.15) is 37.3 Å². The average Bonchev–Trinajstić information content (AvgIpc) is 2.96. The highest BCUT2D eigenvalue weighted by Gasteiger charge is 2.30. The number of hydrogen-bond donors (Lipinski definition) is 1. The zero-order valence-corrected chi connectivity index (χ0v) is 26.4. The number of nitrogens with zero attached hydrogens (tertiary/aromatic N) is 2. The van der Waals surface area contributed by atoms with Crippen molar-refractivity contribution < 1.29 is 22.7 Å². The first-order valence-electron chi connectivity index (χ1n) is 13.7. The van der Waals surface area contributed by atoms with Crippen LogP contribution in [0.15, 0.2) is 72.8 Å². The topological polar surface area (TPSA) is 96.0 Å². The van der Waals surface area contributed by atoms with Crippen LogP contribution in [0.3, 0.4) is 0 Å². The second-order valence-corrected chi connectivity index (χ2v) is 12.7. The molecule has 0 aliphatic carbocycles. The van der Waals surface area contributed by atoms with E-state index in [1.54, 1.807) is 29.2 Å². The SMILES string of the molecule is CCCNC(=O)[C@@H](Cc1ccccc1)N(Cc1ccc(Cl)cc1)C(=O)CCCN(c1ccc(OC)c(Cl)c1)S(C)(=O)=O. The summed E-state index contributed by atoms with van der Waals surface area (Å²) in [6.07, 6.45) is 2.44. The molecule has 226 valence electrons. The predicted molar refractivity (Wildman–Crippen MR) is 169 cm³/mol. The summed E-state index contributed by atoms with van der Waals surface area (Å²) in [7, 11) is -2.20. The van der Waals surface area contributed by atoms with Gasteiger partial charge in [-0.05, 0) is 54.3 Å². The summed E-state index contributed by atoms with van der Waals surface area (Å²) in [5.74, 6) is -0.0832. The smallest absolute Gasteiger partial charge is 0.243 e. The number of ether oxygens (including phenoxy) is 1. The lowest BCUT2D eigenvalue weighted by atomic mass is 10.0. The maximum Gasteiger partial charge on any atom is 0.243 e. The van der Waals surface area contributed by atoms with Crippen molar-refractivity contribution in [3.8, 4) is 5.75 Å². The van der Waals surface area contributed by atoms with E-state index in [9.17, 15) is 18.0 Å². The molecule has 0 unspecified atom stereocenters. The average molecular weight is 635 g/mol. The molecule has 0 saturated carbocycles. The van der Waals surface area contributed by atoms with Crippen LogP contribution >= 0.6 is 23.2 Å². The molecule has 0 spiro atoms. The first-order valence-corrected chi connectivity index (χ1v) is 16.3. The minimum absolute atomic E-state index is 0.0237. The summed E-state index contributed by atoms with van der Waals surface area (Å²) in [5, 5.41) is 3.79. The van der Waals surface area contributed by atoms with Crippen molar-refractivity contribution in [3.63, 3.8) is 0 Å². The summed E-state index contributed by atoms with van der Waals surface area (Å²) >= 11 is 12.3. The number of nitrogens with one attached hydrogen (secondary N) is 1. The van der Waals surface area contributed by atoms with Crippen molar-refractivity contribution >= 4 is 50.7 Å². The van der Waals surface area contributed by atoms with E-state index in [0.717, 1.165) is 23.8 Å². The minimum atomic E-state index is -3.67. The monoisotopic (exact) mass is 633 g/mol. The maximum absolute atomic E-state index is 13.8. The van der Waals surface area contributed by atoms with Crippen LogP contribution in [-0.2, 0) is 32.6 Å². The van der Waals surface area contributed by atoms with Crippen LogP contribution in [-0.4, -0.2) is 57.6 Å². The second kappa shape index (κ2) is 15.8. The van der Waals surface area contributed by atoms with E-state index in [1.807, 2.05) is 49.4 Å². The van der Waals surface area contributed by atoms with Crippen molar-refractivity contribution in [2.24, 2.45) is 0 Å². The third-order valence-corrected chi connectivity index (χ3v) is 8.40. The lowest BCUT2D eigenvalue weighted by Gasteiger charge is -2.32. The van der Waals surface area contributed by atoms with Gasteiger partial charge < -0.3 is 15.0 Å². The standard InChI is InChI=1S/C31H37Cl2N3O5S/c1-4-18-34-31(38)28(20-23-9-6-5-7-10-23)35(22-24-12-14-25(32)15-13-24)30(37)11-8-19-36(42(3,39)40)26-16-17-29(41-2)27(33)21-26/h5-7,9-10,12-17,21,28H,4,8,11,18-20,22H2,1-3H3,(H,34,38)/t28-/m1/s1.